The molecule has 0 aliphatic heterocycles. The van der Waals surface area contributed by atoms with Gasteiger partial charge in [-0.2, -0.15) is 0 Å². The van der Waals surface area contributed by atoms with Crippen molar-refractivity contribution in [2.24, 2.45) is 0 Å². The van der Waals surface area contributed by atoms with Gasteiger partial charge >= 0.3 is 0 Å². The molecule has 0 fully saturated rings. The summed E-state index contributed by atoms with van der Waals surface area (Å²) in [6.45, 7) is 1.84. The number of nitrogens with one attached hydrogen (secondary N) is 1. The zero-order chi connectivity index (χ0) is 14.0. The zero-order valence-electron chi connectivity index (χ0n) is 11.2. The van der Waals surface area contributed by atoms with Crippen LogP contribution >= 0.6 is 0 Å². The molecule has 0 saturated carbocycles. The van der Waals surface area contributed by atoms with Crippen molar-refractivity contribution in [3.8, 4) is 29.6 Å². The summed E-state index contributed by atoms with van der Waals surface area (Å²) in [6, 6.07) is 17.2. The lowest BCUT2D eigenvalue weighted by atomic mass is 10.3. The van der Waals surface area contributed by atoms with E-state index in [0.717, 1.165) is 17.2 Å². The fourth-order valence-electron chi connectivity index (χ4n) is 1.65. The summed E-state index contributed by atoms with van der Waals surface area (Å²) in [6.07, 6.45) is 5.15. The molecule has 1 N–H and O–H groups in total. The molecule has 0 aliphatic carbocycles. The largest absolute Gasteiger partial charge is 0.492 e. The van der Waals surface area contributed by atoms with E-state index < -0.39 is 0 Å². The average Bonchev–Trinajstić information content (AvgIpc) is 2.48. The number of benzene rings is 2. The SMILES string of the molecule is C#CCNCCOc1cccc(Oc2ccccc2)c1. The van der Waals surface area contributed by atoms with Gasteiger partial charge < -0.3 is 14.8 Å². The van der Waals surface area contributed by atoms with Crippen molar-refractivity contribution in [1.29, 1.82) is 0 Å². The van der Waals surface area contributed by atoms with Gasteiger partial charge in [-0.05, 0) is 24.3 Å². The highest BCUT2D eigenvalue weighted by molar-refractivity contribution is 5.36. The molecule has 102 valence electrons. The Hall–Kier alpha value is -2.44. The first-order valence-corrected chi connectivity index (χ1v) is 6.48. The summed E-state index contributed by atoms with van der Waals surface area (Å²) in [5.74, 6) is 4.86. The van der Waals surface area contributed by atoms with Crippen molar-refractivity contribution in [2.45, 2.75) is 0 Å². The molecule has 3 nitrogen and oxygen atoms in total. The molecule has 0 aliphatic rings. The second-order valence-electron chi connectivity index (χ2n) is 4.12. The Morgan fingerprint density at radius 1 is 0.950 bits per heavy atom. The summed E-state index contributed by atoms with van der Waals surface area (Å²) in [5, 5.41) is 3.07. The van der Waals surface area contributed by atoms with E-state index in [1.807, 2.05) is 54.6 Å². The van der Waals surface area contributed by atoms with Crippen LogP contribution in [-0.2, 0) is 0 Å². The number of hydrogen-bond donors (Lipinski definition) is 1. The van der Waals surface area contributed by atoms with Crippen LogP contribution in [0.2, 0.25) is 0 Å². The van der Waals surface area contributed by atoms with E-state index in [1.165, 1.54) is 0 Å². The highest BCUT2D eigenvalue weighted by atomic mass is 16.5. The van der Waals surface area contributed by atoms with Crippen LogP contribution in [0.15, 0.2) is 54.6 Å². The molecule has 3 heteroatoms. The lowest BCUT2D eigenvalue weighted by Gasteiger charge is -2.09. The molecular formula is C17H17NO2. The number of para-hydroxylation sites is 1. The zero-order valence-corrected chi connectivity index (χ0v) is 11.2. The van der Waals surface area contributed by atoms with Crippen LogP contribution in [0.5, 0.6) is 17.2 Å². The van der Waals surface area contributed by atoms with Gasteiger partial charge in [0.2, 0.25) is 0 Å². The minimum Gasteiger partial charge on any atom is -0.492 e. The third kappa shape index (κ3) is 4.68. The maximum atomic E-state index is 5.74. The van der Waals surface area contributed by atoms with Gasteiger partial charge in [0.1, 0.15) is 23.9 Å². The number of rotatable bonds is 7. The third-order valence-corrected chi connectivity index (χ3v) is 2.56. The molecular weight excluding hydrogens is 250 g/mol. The minimum absolute atomic E-state index is 0.556. The second kappa shape index (κ2) is 7.88. The van der Waals surface area contributed by atoms with Crippen LogP contribution in [0, 0.1) is 12.3 Å². The summed E-state index contributed by atoms with van der Waals surface area (Å²) in [5.41, 5.74) is 0. The standard InChI is InChI=1S/C17H17NO2/c1-2-11-18-12-13-19-16-9-6-10-17(14-16)20-15-7-4-3-5-8-15/h1,3-10,14,18H,11-13H2. The van der Waals surface area contributed by atoms with Crippen LogP contribution in [0.4, 0.5) is 0 Å². The van der Waals surface area contributed by atoms with Gasteiger partial charge in [-0.3, -0.25) is 0 Å². The van der Waals surface area contributed by atoms with Gasteiger partial charge in [-0.25, -0.2) is 0 Å². The van der Waals surface area contributed by atoms with Gasteiger partial charge in [0, 0.05) is 12.6 Å². The first kappa shape index (κ1) is 14.0. The van der Waals surface area contributed by atoms with Crippen molar-refractivity contribution in [3.05, 3.63) is 54.6 Å². The van der Waals surface area contributed by atoms with E-state index in [1.54, 1.807) is 0 Å². The monoisotopic (exact) mass is 267 g/mol. The Balaban J connectivity index is 1.86. The number of terminal acetylenes is 1. The summed E-state index contributed by atoms with van der Waals surface area (Å²) < 4.78 is 11.4. The molecule has 0 spiro atoms. The Bertz CT molecular complexity index is 561. The Morgan fingerprint density at radius 2 is 1.70 bits per heavy atom. The highest BCUT2D eigenvalue weighted by Gasteiger charge is 1.99. The van der Waals surface area contributed by atoms with Crippen molar-refractivity contribution >= 4 is 0 Å². The predicted molar refractivity (Wildman–Crippen MR) is 80.2 cm³/mol. The molecule has 2 aromatic rings. The number of ether oxygens (including phenoxy) is 2. The molecule has 2 aromatic carbocycles. The van der Waals surface area contributed by atoms with Crippen molar-refractivity contribution in [3.63, 3.8) is 0 Å². The van der Waals surface area contributed by atoms with Gasteiger partial charge in [0.05, 0.1) is 6.54 Å². The second-order valence-corrected chi connectivity index (χ2v) is 4.12. The van der Waals surface area contributed by atoms with Gasteiger partial charge in [-0.1, -0.05) is 30.2 Å². The van der Waals surface area contributed by atoms with Crippen LogP contribution in [0.25, 0.3) is 0 Å². The maximum absolute atomic E-state index is 5.74. The lowest BCUT2D eigenvalue weighted by molar-refractivity contribution is 0.315. The minimum atomic E-state index is 0.556. The Labute approximate surface area is 119 Å². The normalized spacial score (nSPS) is 9.75. The van der Waals surface area contributed by atoms with E-state index in [0.29, 0.717) is 19.7 Å². The Morgan fingerprint density at radius 3 is 2.50 bits per heavy atom. The van der Waals surface area contributed by atoms with Gasteiger partial charge in [-0.15, -0.1) is 6.42 Å². The van der Waals surface area contributed by atoms with Gasteiger partial charge in [0.15, 0.2) is 0 Å². The topological polar surface area (TPSA) is 30.5 Å². The first-order chi connectivity index (χ1) is 9.88. The molecule has 0 saturated heterocycles. The molecule has 20 heavy (non-hydrogen) atoms. The van der Waals surface area contributed by atoms with E-state index in [9.17, 15) is 0 Å². The first-order valence-electron chi connectivity index (χ1n) is 6.48. The third-order valence-electron chi connectivity index (χ3n) is 2.56. The summed E-state index contributed by atoms with van der Waals surface area (Å²) in [4.78, 5) is 0. The molecule has 0 amide bonds. The quantitative estimate of drug-likeness (QED) is 0.617. The molecule has 0 atom stereocenters. The highest BCUT2D eigenvalue weighted by Crippen LogP contribution is 2.24. The Kier molecular flexibility index (Phi) is 5.51. The molecule has 2 rings (SSSR count). The van der Waals surface area contributed by atoms with Crippen molar-refractivity contribution in [2.75, 3.05) is 19.7 Å². The molecule has 0 radical (unpaired) electrons. The average molecular weight is 267 g/mol. The summed E-state index contributed by atoms with van der Waals surface area (Å²) >= 11 is 0. The van der Waals surface area contributed by atoms with Crippen molar-refractivity contribution in [1.82, 2.24) is 5.32 Å². The van der Waals surface area contributed by atoms with Crippen LogP contribution in [-0.4, -0.2) is 19.7 Å². The van der Waals surface area contributed by atoms with Crippen LogP contribution < -0.4 is 14.8 Å². The fraction of sp³-hybridized carbons (Fsp3) is 0.176. The molecule has 0 heterocycles. The van der Waals surface area contributed by atoms with E-state index in [4.69, 9.17) is 15.9 Å². The molecule has 0 bridgehead atoms. The summed E-state index contributed by atoms with van der Waals surface area (Å²) in [7, 11) is 0. The molecule has 0 unspecified atom stereocenters. The van der Waals surface area contributed by atoms with Crippen LogP contribution in [0.3, 0.4) is 0 Å². The maximum Gasteiger partial charge on any atom is 0.131 e. The number of hydrogen-bond acceptors (Lipinski definition) is 3. The van der Waals surface area contributed by atoms with E-state index >= 15 is 0 Å². The fourth-order valence-corrected chi connectivity index (χ4v) is 1.65. The van der Waals surface area contributed by atoms with Crippen molar-refractivity contribution < 1.29 is 9.47 Å². The van der Waals surface area contributed by atoms with Gasteiger partial charge in [0.25, 0.3) is 0 Å². The van der Waals surface area contributed by atoms with E-state index in [-0.39, 0.29) is 0 Å². The predicted octanol–water partition coefficient (Wildman–Crippen LogP) is 3.08. The lowest BCUT2D eigenvalue weighted by Crippen LogP contribution is -2.21. The smallest absolute Gasteiger partial charge is 0.131 e. The molecule has 0 aromatic heterocycles. The van der Waals surface area contributed by atoms with Crippen LogP contribution in [0.1, 0.15) is 0 Å². The van der Waals surface area contributed by atoms with E-state index in [2.05, 4.69) is 11.2 Å².